The molecule has 1 aliphatic rings. The van der Waals surface area contributed by atoms with Crippen molar-refractivity contribution in [3.05, 3.63) is 42.4 Å². The van der Waals surface area contributed by atoms with Gasteiger partial charge in [0.15, 0.2) is 11.7 Å². The molecule has 2 aromatic rings. The van der Waals surface area contributed by atoms with E-state index in [9.17, 15) is 0 Å². The van der Waals surface area contributed by atoms with Crippen LogP contribution < -0.4 is 11.1 Å². The van der Waals surface area contributed by atoms with Crippen LogP contribution in [0.3, 0.4) is 0 Å². The fourth-order valence-electron chi connectivity index (χ4n) is 2.26. The Labute approximate surface area is 139 Å². The fourth-order valence-corrected chi connectivity index (χ4v) is 2.26. The van der Waals surface area contributed by atoms with Crippen LogP contribution in [0.25, 0.3) is 5.52 Å². The molecule has 0 unspecified atom stereocenters. The van der Waals surface area contributed by atoms with Crippen LogP contribution in [0.5, 0.6) is 0 Å². The third-order valence-corrected chi connectivity index (χ3v) is 3.52. The second-order valence-electron chi connectivity index (χ2n) is 5.70. The summed E-state index contributed by atoms with van der Waals surface area (Å²) in [7, 11) is 3.97. The van der Waals surface area contributed by atoms with Crippen LogP contribution in [-0.2, 0) is 0 Å². The molecule has 24 heavy (non-hydrogen) atoms. The van der Waals surface area contributed by atoms with Crippen LogP contribution in [0.2, 0.25) is 0 Å². The van der Waals surface area contributed by atoms with Gasteiger partial charge in [0.05, 0.1) is 35.4 Å². The van der Waals surface area contributed by atoms with E-state index >= 15 is 0 Å². The van der Waals surface area contributed by atoms with Gasteiger partial charge in [-0.3, -0.25) is 10.4 Å². The standard InChI is InChI=1S/C16H20N8/c1-23(2)8-6-19-15-11(17)9-12(18)16(22-15)21-13-10-20-24-7-4-3-5-14(13)24/h3-5,7,9-10,18H,6,8,17H2,1-2H3,(H,19,21,22). The Kier molecular flexibility index (Phi) is 4.39. The van der Waals surface area contributed by atoms with Crippen LogP contribution >= 0.6 is 0 Å². The smallest absolute Gasteiger partial charge is 0.173 e. The SMILES string of the molecule is CN(C)CCN=C1N=C(Nc2cnn3ccccc23)C(=N)C=C1N. The quantitative estimate of drug-likeness (QED) is 0.779. The molecule has 0 saturated heterocycles. The number of fused-ring (bicyclic) bond motifs is 1. The number of pyridine rings is 1. The third kappa shape index (κ3) is 3.33. The lowest BCUT2D eigenvalue weighted by atomic mass is 10.2. The van der Waals surface area contributed by atoms with Gasteiger partial charge in [0.2, 0.25) is 0 Å². The predicted molar refractivity (Wildman–Crippen MR) is 97.1 cm³/mol. The number of nitrogens with two attached hydrogens (primary N) is 1. The van der Waals surface area contributed by atoms with E-state index in [-0.39, 0.29) is 5.71 Å². The van der Waals surface area contributed by atoms with Gasteiger partial charge >= 0.3 is 0 Å². The normalized spacial score (nSPS) is 16.6. The summed E-state index contributed by atoms with van der Waals surface area (Å²) in [5, 5.41) is 15.5. The van der Waals surface area contributed by atoms with Crippen molar-refractivity contribution in [2.45, 2.75) is 0 Å². The van der Waals surface area contributed by atoms with Crippen molar-refractivity contribution < 1.29 is 0 Å². The number of anilines is 1. The number of rotatable bonds is 4. The van der Waals surface area contributed by atoms with E-state index in [1.807, 2.05) is 43.4 Å². The molecule has 0 aliphatic carbocycles. The van der Waals surface area contributed by atoms with Crippen LogP contribution in [0.15, 0.2) is 52.4 Å². The average Bonchev–Trinajstić information content (AvgIpc) is 2.94. The number of nitrogens with one attached hydrogen (secondary N) is 2. The second kappa shape index (κ2) is 6.63. The fraction of sp³-hybridized carbons (Fsp3) is 0.250. The topological polar surface area (TPSA) is 107 Å². The summed E-state index contributed by atoms with van der Waals surface area (Å²) < 4.78 is 1.76. The number of aliphatic imine (C=N–C) groups is 2. The molecule has 0 atom stereocenters. The van der Waals surface area contributed by atoms with E-state index in [2.05, 4.69) is 20.4 Å². The lowest BCUT2D eigenvalue weighted by molar-refractivity contribution is 0.420. The molecule has 8 heteroatoms. The molecule has 4 N–H and O–H groups in total. The molecule has 0 saturated carbocycles. The zero-order chi connectivity index (χ0) is 17.1. The van der Waals surface area contributed by atoms with Gasteiger partial charge in [-0.05, 0) is 32.3 Å². The van der Waals surface area contributed by atoms with E-state index in [4.69, 9.17) is 11.1 Å². The van der Waals surface area contributed by atoms with Gasteiger partial charge in [0, 0.05) is 12.7 Å². The minimum absolute atomic E-state index is 0.217. The van der Waals surface area contributed by atoms with Crippen LogP contribution in [0.1, 0.15) is 0 Å². The molecular formula is C16H20N8. The first-order valence-electron chi connectivity index (χ1n) is 7.58. The Balaban J connectivity index is 1.84. The molecule has 3 rings (SSSR count). The summed E-state index contributed by atoms with van der Waals surface area (Å²) in [4.78, 5) is 10.9. The zero-order valence-electron chi connectivity index (χ0n) is 13.7. The summed E-state index contributed by atoms with van der Waals surface area (Å²) in [5.41, 5.74) is 8.24. The van der Waals surface area contributed by atoms with E-state index in [0.29, 0.717) is 23.9 Å². The maximum Gasteiger partial charge on any atom is 0.173 e. The Morgan fingerprint density at radius 3 is 3.00 bits per heavy atom. The summed E-state index contributed by atoms with van der Waals surface area (Å²) in [5.74, 6) is 0.860. The van der Waals surface area contributed by atoms with E-state index < -0.39 is 0 Å². The molecule has 3 heterocycles. The first-order valence-corrected chi connectivity index (χ1v) is 7.58. The minimum atomic E-state index is 0.217. The van der Waals surface area contributed by atoms with E-state index in [0.717, 1.165) is 17.7 Å². The van der Waals surface area contributed by atoms with Gasteiger partial charge in [-0.15, -0.1) is 0 Å². The van der Waals surface area contributed by atoms with Gasteiger partial charge in [-0.1, -0.05) is 6.07 Å². The minimum Gasteiger partial charge on any atom is -0.396 e. The second-order valence-corrected chi connectivity index (χ2v) is 5.70. The molecular weight excluding hydrogens is 304 g/mol. The van der Waals surface area contributed by atoms with Crippen molar-refractivity contribution in [3.8, 4) is 0 Å². The molecule has 0 bridgehead atoms. The molecule has 124 valence electrons. The average molecular weight is 324 g/mol. The maximum atomic E-state index is 8.08. The zero-order valence-corrected chi connectivity index (χ0v) is 13.7. The summed E-state index contributed by atoms with van der Waals surface area (Å²) in [6.07, 6.45) is 5.13. The predicted octanol–water partition coefficient (Wildman–Crippen LogP) is 0.981. The number of likely N-dealkylation sites (N-methyl/N-ethyl adjacent to an activating group) is 1. The highest BCUT2D eigenvalue weighted by molar-refractivity contribution is 6.52. The summed E-state index contributed by atoms with van der Waals surface area (Å²) in [6, 6.07) is 5.78. The lowest BCUT2D eigenvalue weighted by Gasteiger charge is -2.15. The molecule has 2 aromatic heterocycles. The van der Waals surface area contributed by atoms with Crippen molar-refractivity contribution in [2.75, 3.05) is 32.5 Å². The molecule has 0 fully saturated rings. The highest BCUT2D eigenvalue weighted by atomic mass is 15.2. The molecule has 0 amide bonds. The van der Waals surface area contributed by atoms with Crippen molar-refractivity contribution in [1.82, 2.24) is 14.5 Å². The molecule has 0 radical (unpaired) electrons. The number of nitrogens with zero attached hydrogens (tertiary/aromatic N) is 5. The molecule has 1 aliphatic heterocycles. The largest absolute Gasteiger partial charge is 0.396 e. The van der Waals surface area contributed by atoms with Crippen molar-refractivity contribution >= 4 is 28.6 Å². The third-order valence-electron chi connectivity index (χ3n) is 3.52. The van der Waals surface area contributed by atoms with E-state index in [1.165, 1.54) is 0 Å². The highest BCUT2D eigenvalue weighted by Gasteiger charge is 2.17. The Morgan fingerprint density at radius 1 is 1.38 bits per heavy atom. The number of aromatic nitrogens is 2. The van der Waals surface area contributed by atoms with Gasteiger partial charge in [0.25, 0.3) is 0 Å². The molecule has 8 nitrogen and oxygen atoms in total. The van der Waals surface area contributed by atoms with Gasteiger partial charge < -0.3 is 16.0 Å². The molecule has 0 aromatic carbocycles. The Bertz CT molecular complexity index is 856. The van der Waals surface area contributed by atoms with Crippen LogP contribution in [-0.4, -0.2) is 59.1 Å². The van der Waals surface area contributed by atoms with Crippen LogP contribution in [0.4, 0.5) is 5.69 Å². The highest BCUT2D eigenvalue weighted by Crippen LogP contribution is 2.17. The monoisotopic (exact) mass is 324 g/mol. The Morgan fingerprint density at radius 2 is 2.21 bits per heavy atom. The summed E-state index contributed by atoms with van der Waals surface area (Å²) >= 11 is 0. The Hall–Kier alpha value is -3.00. The number of dihydropyridines is 1. The van der Waals surface area contributed by atoms with Crippen molar-refractivity contribution in [2.24, 2.45) is 15.7 Å². The van der Waals surface area contributed by atoms with Crippen LogP contribution in [0, 0.1) is 5.41 Å². The number of amidine groups is 2. The molecule has 0 spiro atoms. The summed E-state index contributed by atoms with van der Waals surface area (Å²) in [6.45, 7) is 1.40. The number of hydrogen-bond acceptors (Lipinski definition) is 6. The van der Waals surface area contributed by atoms with Crippen molar-refractivity contribution in [1.29, 1.82) is 5.41 Å². The van der Waals surface area contributed by atoms with Crippen molar-refractivity contribution in [3.63, 3.8) is 0 Å². The first-order chi connectivity index (χ1) is 11.5. The van der Waals surface area contributed by atoms with E-state index in [1.54, 1.807) is 16.8 Å². The lowest BCUT2D eigenvalue weighted by Crippen LogP contribution is -2.30. The first kappa shape index (κ1) is 15.9. The maximum absolute atomic E-state index is 8.08. The van der Waals surface area contributed by atoms with Gasteiger partial charge in [-0.25, -0.2) is 9.51 Å². The van der Waals surface area contributed by atoms with Gasteiger partial charge in [-0.2, -0.15) is 5.10 Å². The number of hydrogen-bond donors (Lipinski definition) is 3. The van der Waals surface area contributed by atoms with Gasteiger partial charge in [0.1, 0.15) is 0 Å².